The zero-order valence-corrected chi connectivity index (χ0v) is 14.1. The molecule has 2 aromatic rings. The number of hydrogen-bond acceptors (Lipinski definition) is 3. The van der Waals surface area contributed by atoms with Gasteiger partial charge in [-0.1, -0.05) is 24.3 Å². The second-order valence-electron chi connectivity index (χ2n) is 6.35. The molecule has 25 heavy (non-hydrogen) atoms. The summed E-state index contributed by atoms with van der Waals surface area (Å²) in [5, 5.41) is 11.9. The minimum absolute atomic E-state index is 0.0780. The molecule has 5 nitrogen and oxygen atoms in total. The SMILES string of the molecule is COc1cc(C(=O)O)ccc1NC(=O)CC1CCc2ccccc2C1. The molecule has 3 rings (SSSR count). The molecule has 1 amide bonds. The maximum atomic E-state index is 12.4. The highest BCUT2D eigenvalue weighted by Gasteiger charge is 2.21. The number of methoxy groups -OCH3 is 1. The Morgan fingerprint density at radius 3 is 2.68 bits per heavy atom. The van der Waals surface area contributed by atoms with Crippen LogP contribution in [-0.4, -0.2) is 24.1 Å². The Bertz CT molecular complexity index is 800. The number of carboxylic acids is 1. The summed E-state index contributed by atoms with van der Waals surface area (Å²) >= 11 is 0. The molecule has 0 saturated heterocycles. The number of carbonyl (C=O) groups is 2. The van der Waals surface area contributed by atoms with Crippen molar-refractivity contribution < 1.29 is 19.4 Å². The minimum Gasteiger partial charge on any atom is -0.495 e. The van der Waals surface area contributed by atoms with Crippen molar-refractivity contribution in [2.75, 3.05) is 12.4 Å². The van der Waals surface area contributed by atoms with Crippen LogP contribution < -0.4 is 10.1 Å². The number of carboxylic acid groups (broad SMARTS) is 1. The number of rotatable bonds is 5. The van der Waals surface area contributed by atoms with Crippen molar-refractivity contribution in [3.63, 3.8) is 0 Å². The summed E-state index contributed by atoms with van der Waals surface area (Å²) in [5.74, 6) is -0.441. The van der Waals surface area contributed by atoms with E-state index in [1.54, 1.807) is 6.07 Å². The first kappa shape index (κ1) is 17.0. The Hall–Kier alpha value is -2.82. The van der Waals surface area contributed by atoms with Gasteiger partial charge in [-0.3, -0.25) is 4.79 Å². The Kier molecular flexibility index (Phi) is 5.03. The fourth-order valence-corrected chi connectivity index (χ4v) is 3.34. The van der Waals surface area contributed by atoms with Crippen molar-refractivity contribution in [2.24, 2.45) is 5.92 Å². The van der Waals surface area contributed by atoms with E-state index in [0.717, 1.165) is 19.3 Å². The highest BCUT2D eigenvalue weighted by atomic mass is 16.5. The average Bonchev–Trinajstić information content (AvgIpc) is 2.61. The summed E-state index contributed by atoms with van der Waals surface area (Å²) in [5.41, 5.74) is 3.33. The Morgan fingerprint density at radius 2 is 1.96 bits per heavy atom. The molecule has 0 saturated carbocycles. The van der Waals surface area contributed by atoms with E-state index in [0.29, 0.717) is 23.8 Å². The first-order chi connectivity index (χ1) is 12.1. The van der Waals surface area contributed by atoms with Gasteiger partial charge in [-0.25, -0.2) is 4.79 Å². The van der Waals surface area contributed by atoms with Gasteiger partial charge >= 0.3 is 5.97 Å². The molecule has 2 aromatic carbocycles. The second kappa shape index (κ2) is 7.38. The van der Waals surface area contributed by atoms with Crippen LogP contribution in [0.3, 0.4) is 0 Å². The molecule has 0 heterocycles. The number of aromatic carboxylic acids is 1. The van der Waals surface area contributed by atoms with Crippen molar-refractivity contribution in [1.82, 2.24) is 0 Å². The third kappa shape index (κ3) is 3.99. The zero-order valence-electron chi connectivity index (χ0n) is 14.1. The number of amides is 1. The van der Waals surface area contributed by atoms with Crippen molar-refractivity contribution in [2.45, 2.75) is 25.7 Å². The molecule has 0 bridgehead atoms. The summed E-state index contributed by atoms with van der Waals surface area (Å²) < 4.78 is 5.20. The molecule has 0 radical (unpaired) electrons. The van der Waals surface area contributed by atoms with E-state index < -0.39 is 5.97 Å². The second-order valence-corrected chi connectivity index (χ2v) is 6.35. The van der Waals surface area contributed by atoms with Crippen molar-refractivity contribution in [3.05, 3.63) is 59.2 Å². The minimum atomic E-state index is -1.03. The number of benzene rings is 2. The number of aryl methyl sites for hydroxylation is 1. The van der Waals surface area contributed by atoms with Gasteiger partial charge < -0.3 is 15.2 Å². The maximum Gasteiger partial charge on any atom is 0.335 e. The molecule has 0 aliphatic heterocycles. The molecular formula is C20H21NO4. The summed E-state index contributed by atoms with van der Waals surface area (Å²) in [4.78, 5) is 23.4. The largest absolute Gasteiger partial charge is 0.495 e. The van der Waals surface area contributed by atoms with Gasteiger partial charge in [0.15, 0.2) is 0 Å². The van der Waals surface area contributed by atoms with Crippen molar-refractivity contribution >= 4 is 17.6 Å². The normalized spacial score (nSPS) is 16.0. The van der Waals surface area contributed by atoms with Gasteiger partial charge in [-0.2, -0.15) is 0 Å². The van der Waals surface area contributed by atoms with Crippen molar-refractivity contribution in [3.8, 4) is 5.75 Å². The molecule has 5 heteroatoms. The molecular weight excluding hydrogens is 318 g/mol. The summed E-state index contributed by atoms with van der Waals surface area (Å²) in [6.07, 6.45) is 3.36. The topological polar surface area (TPSA) is 75.6 Å². The molecule has 1 atom stereocenters. The lowest BCUT2D eigenvalue weighted by atomic mass is 9.82. The highest BCUT2D eigenvalue weighted by Crippen LogP contribution is 2.29. The van der Waals surface area contributed by atoms with Gasteiger partial charge in [-0.15, -0.1) is 0 Å². The van der Waals surface area contributed by atoms with E-state index in [1.807, 2.05) is 6.07 Å². The average molecular weight is 339 g/mol. The van der Waals surface area contributed by atoms with Gasteiger partial charge in [-0.05, 0) is 54.5 Å². The standard InChI is InChI=1S/C20H21NO4/c1-25-18-12-16(20(23)24)8-9-17(18)21-19(22)11-13-6-7-14-4-2-3-5-15(14)10-13/h2-5,8-9,12-13H,6-7,10-11H2,1H3,(H,21,22)(H,23,24). The lowest BCUT2D eigenvalue weighted by Gasteiger charge is -2.24. The van der Waals surface area contributed by atoms with Crippen LogP contribution in [0, 0.1) is 5.92 Å². The van der Waals surface area contributed by atoms with Crippen LogP contribution in [0.1, 0.15) is 34.3 Å². The fraction of sp³-hybridized carbons (Fsp3) is 0.300. The number of hydrogen-bond donors (Lipinski definition) is 2. The number of carbonyl (C=O) groups excluding carboxylic acids is 1. The molecule has 2 N–H and O–H groups in total. The Morgan fingerprint density at radius 1 is 1.20 bits per heavy atom. The van der Waals surface area contributed by atoms with Crippen LogP contribution in [0.5, 0.6) is 5.75 Å². The fourth-order valence-electron chi connectivity index (χ4n) is 3.34. The van der Waals surface area contributed by atoms with E-state index in [4.69, 9.17) is 9.84 Å². The summed E-state index contributed by atoms with van der Waals surface area (Å²) in [6, 6.07) is 12.8. The first-order valence-corrected chi connectivity index (χ1v) is 8.35. The smallest absolute Gasteiger partial charge is 0.335 e. The van der Waals surface area contributed by atoms with Gasteiger partial charge in [0.2, 0.25) is 5.91 Å². The molecule has 1 unspecified atom stereocenters. The molecule has 0 fully saturated rings. The third-order valence-corrected chi connectivity index (χ3v) is 4.65. The molecule has 0 aromatic heterocycles. The van der Waals surface area contributed by atoms with Gasteiger partial charge in [0.05, 0.1) is 18.4 Å². The monoisotopic (exact) mass is 339 g/mol. The van der Waals surface area contributed by atoms with E-state index >= 15 is 0 Å². The lowest BCUT2D eigenvalue weighted by Crippen LogP contribution is -2.21. The van der Waals surface area contributed by atoms with E-state index in [2.05, 4.69) is 23.5 Å². The van der Waals surface area contributed by atoms with Crippen LogP contribution in [0.15, 0.2) is 42.5 Å². The van der Waals surface area contributed by atoms with E-state index in [1.165, 1.54) is 30.4 Å². The van der Waals surface area contributed by atoms with Gasteiger partial charge in [0, 0.05) is 6.42 Å². The van der Waals surface area contributed by atoms with Crippen LogP contribution >= 0.6 is 0 Å². The van der Waals surface area contributed by atoms with Crippen LogP contribution in [0.4, 0.5) is 5.69 Å². The first-order valence-electron chi connectivity index (χ1n) is 8.35. The molecule has 1 aliphatic rings. The number of fused-ring (bicyclic) bond motifs is 1. The third-order valence-electron chi connectivity index (χ3n) is 4.65. The quantitative estimate of drug-likeness (QED) is 0.874. The van der Waals surface area contributed by atoms with Gasteiger partial charge in [0.1, 0.15) is 5.75 Å². The van der Waals surface area contributed by atoms with Crippen LogP contribution in [0.2, 0.25) is 0 Å². The maximum absolute atomic E-state index is 12.4. The molecule has 1 aliphatic carbocycles. The predicted octanol–water partition coefficient (Wildman–Crippen LogP) is 3.53. The number of nitrogens with one attached hydrogen (secondary N) is 1. The predicted molar refractivity (Wildman–Crippen MR) is 95.2 cm³/mol. The van der Waals surface area contributed by atoms with Crippen LogP contribution in [-0.2, 0) is 17.6 Å². The van der Waals surface area contributed by atoms with Crippen LogP contribution in [0.25, 0.3) is 0 Å². The molecule has 0 spiro atoms. The summed E-state index contributed by atoms with van der Waals surface area (Å²) in [6.45, 7) is 0. The zero-order chi connectivity index (χ0) is 17.8. The Labute approximate surface area is 146 Å². The number of ether oxygens (including phenoxy) is 1. The molecule has 130 valence electrons. The Balaban J connectivity index is 1.64. The summed E-state index contributed by atoms with van der Waals surface area (Å²) in [7, 11) is 1.45. The number of anilines is 1. The highest BCUT2D eigenvalue weighted by molar-refractivity contribution is 5.94. The lowest BCUT2D eigenvalue weighted by molar-refractivity contribution is -0.117. The van der Waals surface area contributed by atoms with Crippen molar-refractivity contribution in [1.29, 1.82) is 0 Å². The van der Waals surface area contributed by atoms with Gasteiger partial charge in [0.25, 0.3) is 0 Å². The van der Waals surface area contributed by atoms with E-state index in [9.17, 15) is 9.59 Å². The van der Waals surface area contributed by atoms with E-state index in [-0.39, 0.29) is 11.5 Å².